The molecule has 0 aliphatic rings. The standard InChI is InChI=1S/C10H10FNO2/c1-14-10-6-9(11)3-2-8(10)4-5-12-7-13/h2-3,6H,4-5H2,1H3. The molecule has 0 amide bonds. The normalized spacial score (nSPS) is 9.29. The molecule has 3 nitrogen and oxygen atoms in total. The monoisotopic (exact) mass is 195 g/mol. The average molecular weight is 195 g/mol. The lowest BCUT2D eigenvalue weighted by Crippen LogP contribution is -1.95. The second-order valence-electron chi connectivity index (χ2n) is 2.68. The molecule has 0 radical (unpaired) electrons. The fraction of sp³-hybridized carbons (Fsp3) is 0.300. The van der Waals surface area contributed by atoms with Crippen molar-refractivity contribution in [3.63, 3.8) is 0 Å². The molecule has 0 atom stereocenters. The van der Waals surface area contributed by atoms with Gasteiger partial charge in [0, 0.05) is 6.07 Å². The van der Waals surface area contributed by atoms with Crippen LogP contribution in [0.1, 0.15) is 5.56 Å². The number of nitrogens with zero attached hydrogens (tertiary/aromatic N) is 1. The Balaban J connectivity index is 2.79. The van der Waals surface area contributed by atoms with E-state index in [-0.39, 0.29) is 5.82 Å². The number of ether oxygens (including phenoxy) is 1. The Kier molecular flexibility index (Phi) is 3.83. The van der Waals surface area contributed by atoms with Crippen LogP contribution >= 0.6 is 0 Å². The molecule has 0 spiro atoms. The van der Waals surface area contributed by atoms with Crippen molar-refractivity contribution in [2.24, 2.45) is 4.99 Å². The topological polar surface area (TPSA) is 38.7 Å². The van der Waals surface area contributed by atoms with Crippen LogP contribution in [0.5, 0.6) is 5.75 Å². The zero-order valence-electron chi connectivity index (χ0n) is 7.79. The van der Waals surface area contributed by atoms with Crippen LogP contribution in [0.25, 0.3) is 0 Å². The highest BCUT2D eigenvalue weighted by Crippen LogP contribution is 2.19. The number of halogens is 1. The molecule has 1 aromatic carbocycles. The van der Waals surface area contributed by atoms with E-state index in [1.807, 2.05) is 0 Å². The van der Waals surface area contributed by atoms with Crippen LogP contribution in [0.3, 0.4) is 0 Å². The van der Waals surface area contributed by atoms with Gasteiger partial charge in [-0.25, -0.2) is 14.2 Å². The summed E-state index contributed by atoms with van der Waals surface area (Å²) in [5.41, 5.74) is 0.827. The van der Waals surface area contributed by atoms with Gasteiger partial charge in [-0.1, -0.05) is 6.07 Å². The predicted molar refractivity (Wildman–Crippen MR) is 49.6 cm³/mol. The zero-order valence-corrected chi connectivity index (χ0v) is 7.79. The van der Waals surface area contributed by atoms with Gasteiger partial charge >= 0.3 is 0 Å². The summed E-state index contributed by atoms with van der Waals surface area (Å²) in [6.07, 6.45) is 1.99. The lowest BCUT2D eigenvalue weighted by Gasteiger charge is -2.06. The Morgan fingerprint density at radius 1 is 1.57 bits per heavy atom. The number of hydrogen-bond acceptors (Lipinski definition) is 3. The van der Waals surface area contributed by atoms with E-state index in [1.54, 1.807) is 6.07 Å². The molecule has 0 fully saturated rings. The van der Waals surface area contributed by atoms with E-state index in [0.29, 0.717) is 18.7 Å². The molecular formula is C10H10FNO2. The summed E-state index contributed by atoms with van der Waals surface area (Å²) < 4.78 is 17.7. The molecule has 0 aromatic heterocycles. The number of rotatable bonds is 4. The SMILES string of the molecule is COc1cc(F)ccc1CCN=C=O. The first-order chi connectivity index (χ1) is 6.77. The van der Waals surface area contributed by atoms with E-state index in [2.05, 4.69) is 4.99 Å². The molecule has 0 saturated heterocycles. The Labute approximate surface area is 81.2 Å². The number of benzene rings is 1. The molecule has 1 aromatic rings. The van der Waals surface area contributed by atoms with Crippen molar-refractivity contribution in [2.45, 2.75) is 6.42 Å². The summed E-state index contributed by atoms with van der Waals surface area (Å²) in [5.74, 6) is 0.135. The summed E-state index contributed by atoms with van der Waals surface area (Å²) in [6.45, 7) is 0.339. The van der Waals surface area contributed by atoms with Crippen molar-refractivity contribution in [3.05, 3.63) is 29.6 Å². The summed E-state index contributed by atoms with van der Waals surface area (Å²) in [4.78, 5) is 13.2. The maximum atomic E-state index is 12.8. The van der Waals surface area contributed by atoms with Gasteiger partial charge in [-0.15, -0.1) is 0 Å². The van der Waals surface area contributed by atoms with Crippen LogP contribution in [0.15, 0.2) is 23.2 Å². The average Bonchev–Trinajstić information content (AvgIpc) is 2.20. The van der Waals surface area contributed by atoms with Crippen molar-refractivity contribution >= 4 is 6.08 Å². The third-order valence-electron chi connectivity index (χ3n) is 1.81. The first kappa shape index (κ1) is 10.4. The van der Waals surface area contributed by atoms with E-state index < -0.39 is 0 Å². The minimum absolute atomic E-state index is 0.339. The van der Waals surface area contributed by atoms with Gasteiger partial charge in [-0.2, -0.15) is 0 Å². The molecule has 0 bridgehead atoms. The van der Waals surface area contributed by atoms with Gasteiger partial charge in [0.25, 0.3) is 0 Å². The number of carbonyl (C=O) groups excluding carboxylic acids is 1. The fourth-order valence-corrected chi connectivity index (χ4v) is 1.15. The third-order valence-corrected chi connectivity index (χ3v) is 1.81. The lowest BCUT2D eigenvalue weighted by molar-refractivity contribution is 0.406. The fourth-order valence-electron chi connectivity index (χ4n) is 1.15. The molecular weight excluding hydrogens is 185 g/mol. The predicted octanol–water partition coefficient (Wildman–Crippen LogP) is 1.71. The van der Waals surface area contributed by atoms with Crippen molar-refractivity contribution in [1.29, 1.82) is 0 Å². The molecule has 0 N–H and O–H groups in total. The number of methoxy groups -OCH3 is 1. The molecule has 0 heterocycles. The minimum atomic E-state index is -0.343. The van der Waals surface area contributed by atoms with Gasteiger partial charge in [0.2, 0.25) is 6.08 Å². The molecule has 0 saturated carbocycles. The van der Waals surface area contributed by atoms with E-state index in [1.165, 1.54) is 25.3 Å². The Morgan fingerprint density at radius 2 is 2.36 bits per heavy atom. The van der Waals surface area contributed by atoms with E-state index in [0.717, 1.165) is 5.56 Å². The smallest absolute Gasteiger partial charge is 0.234 e. The molecule has 14 heavy (non-hydrogen) atoms. The molecule has 4 heteroatoms. The Bertz CT molecular complexity index is 359. The summed E-state index contributed by atoms with van der Waals surface area (Å²) >= 11 is 0. The van der Waals surface area contributed by atoms with Crippen molar-refractivity contribution < 1.29 is 13.9 Å². The van der Waals surface area contributed by atoms with Crippen molar-refractivity contribution in [1.82, 2.24) is 0 Å². The minimum Gasteiger partial charge on any atom is -0.496 e. The maximum Gasteiger partial charge on any atom is 0.234 e. The van der Waals surface area contributed by atoms with Crippen molar-refractivity contribution in [2.75, 3.05) is 13.7 Å². The van der Waals surface area contributed by atoms with Crippen LogP contribution < -0.4 is 4.74 Å². The molecule has 0 aliphatic heterocycles. The van der Waals surface area contributed by atoms with Gasteiger partial charge in [0.05, 0.1) is 13.7 Å². The molecule has 74 valence electrons. The van der Waals surface area contributed by atoms with E-state index >= 15 is 0 Å². The van der Waals surface area contributed by atoms with Gasteiger partial charge in [-0.05, 0) is 18.1 Å². The third kappa shape index (κ3) is 2.68. The Hall–Kier alpha value is -1.67. The number of hydrogen-bond donors (Lipinski definition) is 0. The highest BCUT2D eigenvalue weighted by Gasteiger charge is 2.03. The largest absolute Gasteiger partial charge is 0.496 e. The van der Waals surface area contributed by atoms with Gasteiger partial charge in [0.15, 0.2) is 0 Å². The van der Waals surface area contributed by atoms with Gasteiger partial charge in [0.1, 0.15) is 11.6 Å². The highest BCUT2D eigenvalue weighted by molar-refractivity contribution is 5.36. The van der Waals surface area contributed by atoms with Crippen LogP contribution in [0, 0.1) is 5.82 Å². The van der Waals surface area contributed by atoms with E-state index in [4.69, 9.17) is 4.74 Å². The van der Waals surface area contributed by atoms with Crippen LogP contribution in [-0.4, -0.2) is 19.7 Å². The number of isocyanates is 1. The summed E-state index contributed by atoms with van der Waals surface area (Å²) in [6, 6.07) is 4.27. The summed E-state index contributed by atoms with van der Waals surface area (Å²) in [7, 11) is 1.47. The van der Waals surface area contributed by atoms with Gasteiger partial charge in [-0.3, -0.25) is 0 Å². The number of aliphatic imine (C=N–C) groups is 1. The first-order valence-electron chi connectivity index (χ1n) is 4.14. The first-order valence-corrected chi connectivity index (χ1v) is 4.14. The molecule has 0 unspecified atom stereocenters. The second kappa shape index (κ2) is 5.14. The summed E-state index contributed by atoms with van der Waals surface area (Å²) in [5, 5.41) is 0. The van der Waals surface area contributed by atoms with E-state index in [9.17, 15) is 9.18 Å². The van der Waals surface area contributed by atoms with Crippen LogP contribution in [0.2, 0.25) is 0 Å². The van der Waals surface area contributed by atoms with Crippen LogP contribution in [0.4, 0.5) is 4.39 Å². The lowest BCUT2D eigenvalue weighted by atomic mass is 10.1. The van der Waals surface area contributed by atoms with Gasteiger partial charge < -0.3 is 4.74 Å². The zero-order chi connectivity index (χ0) is 10.4. The highest BCUT2D eigenvalue weighted by atomic mass is 19.1. The maximum absolute atomic E-state index is 12.8. The molecule has 1 rings (SSSR count). The Morgan fingerprint density at radius 3 is 3.00 bits per heavy atom. The quantitative estimate of drug-likeness (QED) is 0.542. The molecule has 0 aliphatic carbocycles. The van der Waals surface area contributed by atoms with Crippen LogP contribution in [-0.2, 0) is 11.2 Å². The second-order valence-corrected chi connectivity index (χ2v) is 2.68. The van der Waals surface area contributed by atoms with Crippen molar-refractivity contribution in [3.8, 4) is 5.75 Å².